The van der Waals surface area contributed by atoms with Crippen LogP contribution in [0.25, 0.3) is 0 Å². The van der Waals surface area contributed by atoms with Gasteiger partial charge >= 0.3 is 0 Å². The topological polar surface area (TPSA) is 49.5 Å². The first kappa shape index (κ1) is 11.0. The van der Waals surface area contributed by atoms with E-state index in [0.29, 0.717) is 5.75 Å². The highest BCUT2D eigenvalue weighted by Crippen LogP contribution is 2.10. The van der Waals surface area contributed by atoms with E-state index in [1.54, 1.807) is 12.1 Å². The molecule has 0 heterocycles. The largest absolute Gasteiger partial charge is 0.508 e. The molecular formula is C11H18N2O. The molecule has 0 atom stereocenters. The van der Waals surface area contributed by atoms with Gasteiger partial charge in [-0.2, -0.15) is 0 Å². The molecule has 3 heteroatoms. The Bertz CT molecular complexity index is 258. The summed E-state index contributed by atoms with van der Waals surface area (Å²) in [6, 6.07) is 7.31. The monoisotopic (exact) mass is 194 g/mol. The molecule has 3 N–H and O–H groups in total. The predicted octanol–water partition coefficient (Wildman–Crippen LogP) is 1.17. The summed E-state index contributed by atoms with van der Waals surface area (Å²) in [5, 5.41) is 9.10. The third-order valence-corrected chi connectivity index (χ3v) is 2.13. The fourth-order valence-electron chi connectivity index (χ4n) is 1.35. The lowest BCUT2D eigenvalue weighted by molar-refractivity contribution is 0.324. The second kappa shape index (κ2) is 5.62. The molecule has 0 radical (unpaired) electrons. The Morgan fingerprint density at radius 3 is 2.50 bits per heavy atom. The highest BCUT2D eigenvalue weighted by molar-refractivity contribution is 5.25. The zero-order valence-electron chi connectivity index (χ0n) is 8.61. The maximum atomic E-state index is 9.10. The number of aromatic hydroxyl groups is 1. The lowest BCUT2D eigenvalue weighted by Gasteiger charge is -2.15. The summed E-state index contributed by atoms with van der Waals surface area (Å²) in [6.45, 7) is 2.65. The predicted molar refractivity (Wildman–Crippen MR) is 58.1 cm³/mol. The lowest BCUT2D eigenvalue weighted by atomic mass is 10.2. The van der Waals surface area contributed by atoms with Crippen LogP contribution in [0.2, 0.25) is 0 Å². The first-order chi connectivity index (χ1) is 6.72. The van der Waals surface area contributed by atoms with Crippen molar-refractivity contribution in [1.82, 2.24) is 4.90 Å². The van der Waals surface area contributed by atoms with Crippen LogP contribution in [0.1, 0.15) is 12.0 Å². The number of rotatable bonds is 5. The minimum Gasteiger partial charge on any atom is -0.508 e. The van der Waals surface area contributed by atoms with Crippen LogP contribution < -0.4 is 5.73 Å². The SMILES string of the molecule is CN(CCCN)Cc1ccc(O)cc1. The molecule has 1 aromatic rings. The summed E-state index contributed by atoms with van der Waals surface area (Å²) < 4.78 is 0. The van der Waals surface area contributed by atoms with E-state index in [-0.39, 0.29) is 0 Å². The molecule has 0 bridgehead atoms. The summed E-state index contributed by atoms with van der Waals surface area (Å²) in [7, 11) is 2.07. The first-order valence-electron chi connectivity index (χ1n) is 4.89. The van der Waals surface area contributed by atoms with Crippen LogP contribution in [-0.4, -0.2) is 30.1 Å². The van der Waals surface area contributed by atoms with Gasteiger partial charge in [-0.15, -0.1) is 0 Å². The van der Waals surface area contributed by atoms with E-state index in [1.165, 1.54) is 5.56 Å². The third-order valence-electron chi connectivity index (χ3n) is 2.13. The molecule has 0 spiro atoms. The van der Waals surface area contributed by atoms with E-state index in [2.05, 4.69) is 11.9 Å². The van der Waals surface area contributed by atoms with Gasteiger partial charge in [0.15, 0.2) is 0 Å². The Labute approximate surface area is 85.2 Å². The molecule has 1 aromatic carbocycles. The van der Waals surface area contributed by atoms with Crippen LogP contribution >= 0.6 is 0 Å². The van der Waals surface area contributed by atoms with E-state index in [4.69, 9.17) is 10.8 Å². The highest BCUT2D eigenvalue weighted by atomic mass is 16.3. The van der Waals surface area contributed by atoms with E-state index in [0.717, 1.165) is 26.1 Å². The maximum Gasteiger partial charge on any atom is 0.115 e. The second-order valence-electron chi connectivity index (χ2n) is 3.55. The fraction of sp³-hybridized carbons (Fsp3) is 0.455. The molecule has 0 saturated carbocycles. The quantitative estimate of drug-likeness (QED) is 0.740. The highest BCUT2D eigenvalue weighted by Gasteiger charge is 1.99. The molecule has 0 saturated heterocycles. The molecule has 0 aliphatic rings. The number of nitrogens with zero attached hydrogens (tertiary/aromatic N) is 1. The van der Waals surface area contributed by atoms with Gasteiger partial charge in [-0.25, -0.2) is 0 Å². The minimum absolute atomic E-state index is 0.318. The van der Waals surface area contributed by atoms with Crippen LogP contribution in [0.4, 0.5) is 0 Å². The van der Waals surface area contributed by atoms with Crippen LogP contribution in [-0.2, 0) is 6.54 Å². The Morgan fingerprint density at radius 1 is 1.29 bits per heavy atom. The average molecular weight is 194 g/mol. The van der Waals surface area contributed by atoms with Crippen molar-refractivity contribution in [1.29, 1.82) is 0 Å². The zero-order valence-corrected chi connectivity index (χ0v) is 8.61. The van der Waals surface area contributed by atoms with Crippen molar-refractivity contribution in [2.75, 3.05) is 20.1 Å². The van der Waals surface area contributed by atoms with E-state index in [9.17, 15) is 0 Å². The number of nitrogens with two attached hydrogens (primary N) is 1. The number of phenols is 1. The van der Waals surface area contributed by atoms with Crippen molar-refractivity contribution in [3.63, 3.8) is 0 Å². The average Bonchev–Trinajstić information content (AvgIpc) is 2.18. The Balaban J connectivity index is 2.39. The van der Waals surface area contributed by atoms with Gasteiger partial charge in [0.2, 0.25) is 0 Å². The van der Waals surface area contributed by atoms with Gasteiger partial charge < -0.3 is 15.7 Å². The van der Waals surface area contributed by atoms with Crippen molar-refractivity contribution in [2.45, 2.75) is 13.0 Å². The number of hydrogen-bond donors (Lipinski definition) is 2. The standard InChI is InChI=1S/C11H18N2O/c1-13(8-2-7-12)9-10-3-5-11(14)6-4-10/h3-6,14H,2,7-9,12H2,1H3. The van der Waals surface area contributed by atoms with Crippen LogP contribution in [0.3, 0.4) is 0 Å². The number of phenolic OH excluding ortho intramolecular Hbond substituents is 1. The summed E-state index contributed by atoms with van der Waals surface area (Å²) in [5.41, 5.74) is 6.64. The second-order valence-corrected chi connectivity index (χ2v) is 3.55. The molecule has 0 fully saturated rings. The minimum atomic E-state index is 0.318. The number of hydrogen-bond acceptors (Lipinski definition) is 3. The van der Waals surface area contributed by atoms with Crippen LogP contribution in [0.5, 0.6) is 5.75 Å². The van der Waals surface area contributed by atoms with Gasteiger partial charge in [-0.1, -0.05) is 12.1 Å². The molecule has 0 aliphatic carbocycles. The Morgan fingerprint density at radius 2 is 1.93 bits per heavy atom. The van der Waals surface area contributed by atoms with Gasteiger partial charge in [0.05, 0.1) is 0 Å². The van der Waals surface area contributed by atoms with E-state index < -0.39 is 0 Å². The Kier molecular flexibility index (Phi) is 4.43. The lowest BCUT2D eigenvalue weighted by Crippen LogP contribution is -2.21. The van der Waals surface area contributed by atoms with Gasteiger partial charge in [-0.3, -0.25) is 0 Å². The smallest absolute Gasteiger partial charge is 0.115 e. The van der Waals surface area contributed by atoms with Gasteiger partial charge in [0.1, 0.15) is 5.75 Å². The van der Waals surface area contributed by atoms with Crippen LogP contribution in [0.15, 0.2) is 24.3 Å². The Hall–Kier alpha value is -1.06. The molecule has 0 amide bonds. The molecule has 0 aliphatic heterocycles. The maximum absolute atomic E-state index is 9.10. The molecule has 0 unspecified atom stereocenters. The molecule has 1 rings (SSSR count). The zero-order chi connectivity index (χ0) is 10.4. The van der Waals surface area contributed by atoms with Crippen molar-refractivity contribution >= 4 is 0 Å². The van der Waals surface area contributed by atoms with Crippen molar-refractivity contribution in [3.05, 3.63) is 29.8 Å². The van der Waals surface area contributed by atoms with Gasteiger partial charge in [0, 0.05) is 6.54 Å². The summed E-state index contributed by atoms with van der Waals surface area (Å²) in [6.07, 6.45) is 1.02. The van der Waals surface area contributed by atoms with Crippen molar-refractivity contribution in [2.24, 2.45) is 5.73 Å². The molecule has 0 aromatic heterocycles. The van der Waals surface area contributed by atoms with Crippen LogP contribution in [0, 0.1) is 0 Å². The van der Waals surface area contributed by atoms with Gasteiger partial charge in [0.25, 0.3) is 0 Å². The summed E-state index contributed by atoms with van der Waals surface area (Å²) in [5.74, 6) is 0.318. The normalized spacial score (nSPS) is 10.8. The molecule has 14 heavy (non-hydrogen) atoms. The fourth-order valence-corrected chi connectivity index (χ4v) is 1.35. The van der Waals surface area contributed by atoms with Crippen molar-refractivity contribution in [3.8, 4) is 5.75 Å². The first-order valence-corrected chi connectivity index (χ1v) is 4.89. The number of benzene rings is 1. The summed E-state index contributed by atoms with van der Waals surface area (Å²) >= 11 is 0. The van der Waals surface area contributed by atoms with E-state index in [1.807, 2.05) is 12.1 Å². The third kappa shape index (κ3) is 3.77. The van der Waals surface area contributed by atoms with E-state index >= 15 is 0 Å². The molecule has 3 nitrogen and oxygen atoms in total. The molecular weight excluding hydrogens is 176 g/mol. The van der Waals surface area contributed by atoms with Crippen molar-refractivity contribution < 1.29 is 5.11 Å². The van der Waals surface area contributed by atoms with Gasteiger partial charge in [-0.05, 0) is 44.3 Å². The summed E-state index contributed by atoms with van der Waals surface area (Å²) in [4.78, 5) is 2.22. The molecule has 78 valence electrons.